The molecule has 1 aromatic heterocycles. The van der Waals surface area contributed by atoms with Gasteiger partial charge in [0.1, 0.15) is 0 Å². The summed E-state index contributed by atoms with van der Waals surface area (Å²) in [5.74, 6) is 0.537. The number of hydrogen-bond donors (Lipinski definition) is 2. The van der Waals surface area contributed by atoms with E-state index in [1.54, 1.807) is 0 Å². The monoisotopic (exact) mass is 336 g/mol. The molecule has 0 amide bonds. The van der Waals surface area contributed by atoms with Gasteiger partial charge >= 0.3 is 0 Å². The summed E-state index contributed by atoms with van der Waals surface area (Å²) >= 11 is 3.57. The van der Waals surface area contributed by atoms with Gasteiger partial charge in [0.25, 0.3) is 0 Å². The topological polar surface area (TPSA) is 45.1 Å². The maximum absolute atomic E-state index is 9.01. The van der Waals surface area contributed by atoms with Crippen molar-refractivity contribution in [3.63, 3.8) is 0 Å². The summed E-state index contributed by atoms with van der Waals surface area (Å²) in [6, 6.07) is 8.22. The first kappa shape index (κ1) is 15.4. The van der Waals surface area contributed by atoms with Gasteiger partial charge in [0.05, 0.1) is 5.52 Å². The molecule has 0 radical (unpaired) electrons. The molecule has 4 heteroatoms. The first-order chi connectivity index (χ1) is 9.76. The summed E-state index contributed by atoms with van der Waals surface area (Å²) in [6.45, 7) is 4.17. The molecule has 1 unspecified atom stereocenters. The standard InChI is InChI=1S/C16H21BrN2O/c1-2-12(7-9-20)10-18-11-13-5-6-15(17)14-4-3-8-19-16(13)14/h3-6,8,12,18,20H,2,7,9-11H2,1H3. The maximum atomic E-state index is 9.01. The lowest BCUT2D eigenvalue weighted by atomic mass is 10.0. The van der Waals surface area contributed by atoms with Gasteiger partial charge in [0.2, 0.25) is 0 Å². The minimum atomic E-state index is 0.267. The van der Waals surface area contributed by atoms with E-state index in [1.807, 2.05) is 12.3 Å². The van der Waals surface area contributed by atoms with Crippen LogP contribution in [-0.2, 0) is 6.54 Å². The predicted molar refractivity (Wildman–Crippen MR) is 86.6 cm³/mol. The number of benzene rings is 1. The highest BCUT2D eigenvalue weighted by atomic mass is 79.9. The Balaban J connectivity index is 2.05. The Kier molecular flexibility index (Phi) is 5.95. The van der Waals surface area contributed by atoms with Gasteiger partial charge in [0.15, 0.2) is 0 Å². The van der Waals surface area contributed by atoms with Gasteiger partial charge < -0.3 is 10.4 Å². The Bertz CT molecular complexity index is 559. The van der Waals surface area contributed by atoms with E-state index in [1.165, 1.54) is 5.56 Å². The molecular weight excluding hydrogens is 316 g/mol. The second-order valence-corrected chi connectivity index (χ2v) is 5.88. The highest BCUT2D eigenvalue weighted by Crippen LogP contribution is 2.25. The Morgan fingerprint density at radius 2 is 2.20 bits per heavy atom. The third-order valence-corrected chi connectivity index (χ3v) is 4.35. The Morgan fingerprint density at radius 1 is 1.35 bits per heavy atom. The molecule has 0 spiro atoms. The van der Waals surface area contributed by atoms with Crippen molar-refractivity contribution in [2.24, 2.45) is 5.92 Å². The van der Waals surface area contributed by atoms with Crippen LogP contribution in [0.2, 0.25) is 0 Å². The largest absolute Gasteiger partial charge is 0.396 e. The smallest absolute Gasteiger partial charge is 0.0758 e. The molecule has 1 atom stereocenters. The zero-order valence-electron chi connectivity index (χ0n) is 11.8. The molecule has 2 aromatic rings. The number of aromatic nitrogens is 1. The van der Waals surface area contributed by atoms with Gasteiger partial charge in [-0.15, -0.1) is 0 Å². The van der Waals surface area contributed by atoms with Crippen LogP contribution in [0.3, 0.4) is 0 Å². The fourth-order valence-electron chi connectivity index (χ4n) is 2.38. The van der Waals surface area contributed by atoms with Crippen LogP contribution in [0.4, 0.5) is 0 Å². The summed E-state index contributed by atoms with van der Waals surface area (Å²) < 4.78 is 1.08. The zero-order chi connectivity index (χ0) is 14.4. The molecular formula is C16H21BrN2O. The molecule has 0 bridgehead atoms. The highest BCUT2D eigenvalue weighted by molar-refractivity contribution is 9.10. The number of nitrogens with zero attached hydrogens (tertiary/aromatic N) is 1. The van der Waals surface area contributed by atoms with Crippen LogP contribution >= 0.6 is 15.9 Å². The van der Waals surface area contributed by atoms with Gasteiger partial charge in [0, 0.05) is 29.2 Å². The molecule has 20 heavy (non-hydrogen) atoms. The average molecular weight is 337 g/mol. The number of halogens is 1. The van der Waals surface area contributed by atoms with Gasteiger partial charge in [-0.3, -0.25) is 4.98 Å². The second-order valence-electron chi connectivity index (χ2n) is 5.02. The van der Waals surface area contributed by atoms with Gasteiger partial charge in [-0.25, -0.2) is 0 Å². The summed E-state index contributed by atoms with van der Waals surface area (Å²) in [6.07, 6.45) is 3.79. The van der Waals surface area contributed by atoms with Gasteiger partial charge in [-0.1, -0.05) is 41.4 Å². The molecule has 3 nitrogen and oxygen atoms in total. The third-order valence-electron chi connectivity index (χ3n) is 3.66. The van der Waals surface area contributed by atoms with Crippen molar-refractivity contribution in [3.8, 4) is 0 Å². The molecule has 1 aromatic carbocycles. The van der Waals surface area contributed by atoms with Crippen LogP contribution in [0.15, 0.2) is 34.9 Å². The van der Waals surface area contributed by atoms with Crippen LogP contribution in [0.5, 0.6) is 0 Å². The Labute approximate surface area is 128 Å². The summed E-state index contributed by atoms with van der Waals surface area (Å²) in [5.41, 5.74) is 2.26. The minimum Gasteiger partial charge on any atom is -0.396 e. The molecule has 108 valence electrons. The molecule has 2 N–H and O–H groups in total. The fraction of sp³-hybridized carbons (Fsp3) is 0.438. The van der Waals surface area contributed by atoms with Crippen molar-refractivity contribution in [1.82, 2.24) is 10.3 Å². The maximum Gasteiger partial charge on any atom is 0.0758 e. The van der Waals surface area contributed by atoms with Crippen LogP contribution in [0.1, 0.15) is 25.3 Å². The number of fused-ring (bicyclic) bond motifs is 1. The van der Waals surface area contributed by atoms with Crippen molar-refractivity contribution in [1.29, 1.82) is 0 Å². The lowest BCUT2D eigenvalue weighted by Gasteiger charge is -2.15. The molecule has 2 rings (SSSR count). The lowest BCUT2D eigenvalue weighted by molar-refractivity contribution is 0.251. The quantitative estimate of drug-likeness (QED) is 0.813. The van der Waals surface area contributed by atoms with Crippen molar-refractivity contribution < 1.29 is 5.11 Å². The van der Waals surface area contributed by atoms with Crippen molar-refractivity contribution in [2.75, 3.05) is 13.2 Å². The Morgan fingerprint density at radius 3 is 2.95 bits per heavy atom. The van der Waals surface area contributed by atoms with E-state index >= 15 is 0 Å². The normalized spacial score (nSPS) is 12.8. The molecule has 0 aliphatic rings. The van der Waals surface area contributed by atoms with Crippen LogP contribution in [0, 0.1) is 5.92 Å². The molecule has 0 saturated carbocycles. The van der Waals surface area contributed by atoms with E-state index in [2.05, 4.69) is 51.4 Å². The van der Waals surface area contributed by atoms with Crippen molar-refractivity contribution in [2.45, 2.75) is 26.3 Å². The second kappa shape index (κ2) is 7.72. The number of aliphatic hydroxyl groups excluding tert-OH is 1. The third kappa shape index (κ3) is 3.78. The van der Waals surface area contributed by atoms with E-state index in [0.717, 1.165) is 41.3 Å². The number of aliphatic hydroxyl groups is 1. The summed E-state index contributed by atoms with van der Waals surface area (Å²) in [7, 11) is 0. The molecule has 0 aliphatic carbocycles. The fourth-order valence-corrected chi connectivity index (χ4v) is 2.84. The van der Waals surface area contributed by atoms with Gasteiger partial charge in [-0.05, 0) is 36.6 Å². The molecule has 0 fully saturated rings. The van der Waals surface area contributed by atoms with E-state index in [-0.39, 0.29) is 6.61 Å². The molecule has 0 aliphatic heterocycles. The zero-order valence-corrected chi connectivity index (χ0v) is 13.4. The summed E-state index contributed by atoms with van der Waals surface area (Å²) in [5, 5.41) is 13.6. The lowest BCUT2D eigenvalue weighted by Crippen LogP contribution is -2.23. The average Bonchev–Trinajstić information content (AvgIpc) is 2.49. The molecule has 0 saturated heterocycles. The first-order valence-corrected chi connectivity index (χ1v) is 7.89. The number of rotatable bonds is 7. The van der Waals surface area contributed by atoms with E-state index in [0.29, 0.717) is 5.92 Å². The van der Waals surface area contributed by atoms with Crippen LogP contribution < -0.4 is 5.32 Å². The Hall–Kier alpha value is -0.970. The van der Waals surface area contributed by atoms with E-state index in [9.17, 15) is 0 Å². The first-order valence-electron chi connectivity index (χ1n) is 7.10. The highest BCUT2D eigenvalue weighted by Gasteiger charge is 2.07. The molecule has 1 heterocycles. The van der Waals surface area contributed by atoms with Crippen molar-refractivity contribution in [3.05, 3.63) is 40.5 Å². The van der Waals surface area contributed by atoms with Gasteiger partial charge in [-0.2, -0.15) is 0 Å². The predicted octanol–water partition coefficient (Wildman–Crippen LogP) is 3.50. The number of nitrogens with one attached hydrogen (secondary N) is 1. The van der Waals surface area contributed by atoms with Crippen LogP contribution in [0.25, 0.3) is 10.9 Å². The van der Waals surface area contributed by atoms with Crippen molar-refractivity contribution >= 4 is 26.8 Å². The van der Waals surface area contributed by atoms with Crippen LogP contribution in [-0.4, -0.2) is 23.2 Å². The van der Waals surface area contributed by atoms with E-state index < -0.39 is 0 Å². The number of hydrogen-bond acceptors (Lipinski definition) is 3. The SMILES string of the molecule is CCC(CCO)CNCc1ccc(Br)c2cccnc12. The van der Waals surface area contributed by atoms with E-state index in [4.69, 9.17) is 5.11 Å². The number of pyridine rings is 1. The minimum absolute atomic E-state index is 0.267. The summed E-state index contributed by atoms with van der Waals surface area (Å²) in [4.78, 5) is 4.49.